The molecule has 1 aliphatic rings. The maximum Gasteiger partial charge on any atom is 0.130 e. The first-order valence-electron chi connectivity index (χ1n) is 7.38. The molecule has 0 fully saturated rings. The SMILES string of the molecule is Brc1cc(Br)cc(N2c3ccccc3NC2c2ccccc2)c1. The smallest absolute Gasteiger partial charge is 0.130 e. The summed E-state index contributed by atoms with van der Waals surface area (Å²) in [6.45, 7) is 0. The monoisotopic (exact) mass is 428 g/mol. The van der Waals surface area contributed by atoms with Crippen LogP contribution in [0, 0.1) is 0 Å². The van der Waals surface area contributed by atoms with Gasteiger partial charge in [0.1, 0.15) is 6.17 Å². The lowest BCUT2D eigenvalue weighted by Crippen LogP contribution is -2.23. The van der Waals surface area contributed by atoms with Crippen LogP contribution in [-0.4, -0.2) is 0 Å². The normalized spacial score (nSPS) is 16.1. The molecule has 0 aliphatic carbocycles. The Morgan fingerprint density at radius 1 is 0.783 bits per heavy atom. The van der Waals surface area contributed by atoms with E-state index in [1.54, 1.807) is 0 Å². The largest absolute Gasteiger partial charge is 0.359 e. The average molecular weight is 430 g/mol. The molecule has 1 unspecified atom stereocenters. The van der Waals surface area contributed by atoms with Crippen molar-refractivity contribution < 1.29 is 0 Å². The van der Waals surface area contributed by atoms with Gasteiger partial charge in [0, 0.05) is 14.6 Å². The van der Waals surface area contributed by atoms with Gasteiger partial charge in [0.15, 0.2) is 0 Å². The van der Waals surface area contributed by atoms with Crippen molar-refractivity contribution in [1.82, 2.24) is 0 Å². The molecule has 1 heterocycles. The van der Waals surface area contributed by atoms with Crippen molar-refractivity contribution in [2.24, 2.45) is 0 Å². The van der Waals surface area contributed by atoms with Gasteiger partial charge in [0.25, 0.3) is 0 Å². The van der Waals surface area contributed by atoms with Crippen molar-refractivity contribution >= 4 is 48.9 Å². The Morgan fingerprint density at radius 3 is 2.17 bits per heavy atom. The highest BCUT2D eigenvalue weighted by atomic mass is 79.9. The van der Waals surface area contributed by atoms with Gasteiger partial charge in [0.2, 0.25) is 0 Å². The Morgan fingerprint density at radius 2 is 1.43 bits per heavy atom. The number of halogens is 2. The summed E-state index contributed by atoms with van der Waals surface area (Å²) < 4.78 is 2.11. The van der Waals surface area contributed by atoms with E-state index in [1.807, 2.05) is 6.07 Å². The quantitative estimate of drug-likeness (QED) is 0.501. The summed E-state index contributed by atoms with van der Waals surface area (Å²) in [7, 11) is 0. The Kier molecular flexibility index (Phi) is 3.87. The van der Waals surface area contributed by atoms with Crippen LogP contribution in [0.4, 0.5) is 17.1 Å². The zero-order chi connectivity index (χ0) is 15.8. The minimum atomic E-state index is 0.0785. The van der Waals surface area contributed by atoms with E-state index in [0.717, 1.165) is 20.3 Å². The lowest BCUT2D eigenvalue weighted by atomic mass is 10.1. The number of rotatable bonds is 2. The second kappa shape index (κ2) is 6.02. The van der Waals surface area contributed by atoms with E-state index in [0.29, 0.717) is 0 Å². The molecule has 3 aromatic rings. The van der Waals surface area contributed by atoms with E-state index < -0.39 is 0 Å². The number of fused-ring (bicyclic) bond motifs is 1. The van der Waals surface area contributed by atoms with Crippen molar-refractivity contribution in [3.63, 3.8) is 0 Å². The van der Waals surface area contributed by atoms with Crippen LogP contribution in [0.1, 0.15) is 11.7 Å². The maximum absolute atomic E-state index is 3.63. The minimum absolute atomic E-state index is 0.0785. The van der Waals surface area contributed by atoms with E-state index in [-0.39, 0.29) is 6.17 Å². The molecule has 1 N–H and O–H groups in total. The van der Waals surface area contributed by atoms with Gasteiger partial charge in [-0.1, -0.05) is 74.3 Å². The molecular weight excluding hydrogens is 416 g/mol. The van der Waals surface area contributed by atoms with Crippen LogP contribution in [-0.2, 0) is 0 Å². The molecule has 0 aromatic heterocycles. The van der Waals surface area contributed by atoms with E-state index in [4.69, 9.17) is 0 Å². The van der Waals surface area contributed by atoms with Crippen molar-refractivity contribution in [2.75, 3.05) is 10.2 Å². The van der Waals surface area contributed by atoms with Crippen LogP contribution in [0.2, 0.25) is 0 Å². The molecule has 1 atom stereocenters. The fourth-order valence-corrected chi connectivity index (χ4v) is 4.26. The summed E-state index contributed by atoms with van der Waals surface area (Å²) in [5.74, 6) is 0. The fourth-order valence-electron chi connectivity index (χ4n) is 2.99. The molecule has 0 saturated carbocycles. The summed E-state index contributed by atoms with van der Waals surface area (Å²) in [5, 5.41) is 3.63. The minimum Gasteiger partial charge on any atom is -0.359 e. The van der Waals surface area contributed by atoms with E-state index in [9.17, 15) is 0 Å². The third-order valence-corrected chi connectivity index (χ3v) is 4.87. The molecule has 0 radical (unpaired) electrons. The predicted molar refractivity (Wildman–Crippen MR) is 103 cm³/mol. The Hall–Kier alpha value is -1.78. The predicted octanol–water partition coefficient (Wildman–Crippen LogP) is 6.47. The highest BCUT2D eigenvalue weighted by Gasteiger charge is 2.30. The first kappa shape index (κ1) is 14.8. The topological polar surface area (TPSA) is 15.3 Å². The number of benzene rings is 3. The lowest BCUT2D eigenvalue weighted by molar-refractivity contribution is 0.828. The summed E-state index contributed by atoms with van der Waals surface area (Å²) >= 11 is 7.20. The van der Waals surface area contributed by atoms with Crippen LogP contribution in [0.25, 0.3) is 0 Å². The second-order valence-electron chi connectivity index (χ2n) is 5.47. The number of hydrogen-bond acceptors (Lipinski definition) is 2. The molecule has 4 rings (SSSR count). The molecule has 2 nitrogen and oxygen atoms in total. The van der Waals surface area contributed by atoms with Crippen molar-refractivity contribution in [3.8, 4) is 0 Å². The highest BCUT2D eigenvalue weighted by molar-refractivity contribution is 9.11. The van der Waals surface area contributed by atoms with E-state index in [1.165, 1.54) is 11.3 Å². The molecule has 23 heavy (non-hydrogen) atoms. The molecule has 1 aliphatic heterocycles. The van der Waals surface area contributed by atoms with Crippen molar-refractivity contribution in [3.05, 3.63) is 87.3 Å². The van der Waals surface area contributed by atoms with Gasteiger partial charge in [-0.2, -0.15) is 0 Å². The van der Waals surface area contributed by atoms with Crippen LogP contribution in [0.3, 0.4) is 0 Å². The number of nitrogens with one attached hydrogen (secondary N) is 1. The lowest BCUT2D eigenvalue weighted by Gasteiger charge is -2.27. The molecule has 4 heteroatoms. The summed E-state index contributed by atoms with van der Waals surface area (Å²) in [5.41, 5.74) is 4.71. The van der Waals surface area contributed by atoms with E-state index in [2.05, 4.69) is 109 Å². The molecule has 0 spiro atoms. The standard InChI is InChI=1S/C19H14Br2N2/c20-14-10-15(21)12-16(11-14)23-18-9-5-4-8-17(18)22-19(23)13-6-2-1-3-7-13/h1-12,19,22H. The second-order valence-corrected chi connectivity index (χ2v) is 7.30. The molecule has 0 bridgehead atoms. The van der Waals surface area contributed by atoms with Crippen molar-refractivity contribution in [2.45, 2.75) is 6.17 Å². The average Bonchev–Trinajstić information content (AvgIpc) is 2.94. The first-order chi connectivity index (χ1) is 11.2. The maximum atomic E-state index is 3.63. The molecule has 3 aromatic carbocycles. The zero-order valence-electron chi connectivity index (χ0n) is 12.2. The zero-order valence-corrected chi connectivity index (χ0v) is 15.4. The van der Waals surface area contributed by atoms with Gasteiger partial charge in [0.05, 0.1) is 11.4 Å². The van der Waals surface area contributed by atoms with Crippen LogP contribution < -0.4 is 10.2 Å². The number of para-hydroxylation sites is 2. The highest BCUT2D eigenvalue weighted by Crippen LogP contribution is 2.46. The van der Waals surface area contributed by atoms with Gasteiger partial charge in [-0.25, -0.2) is 0 Å². The molecule has 0 saturated heterocycles. The van der Waals surface area contributed by atoms with Crippen LogP contribution in [0.15, 0.2) is 81.7 Å². The molecule has 0 amide bonds. The Bertz CT molecular complexity index is 829. The van der Waals surface area contributed by atoms with Gasteiger partial charge >= 0.3 is 0 Å². The molecular formula is C19H14Br2N2. The third-order valence-electron chi connectivity index (χ3n) is 3.95. The van der Waals surface area contributed by atoms with Crippen molar-refractivity contribution in [1.29, 1.82) is 0 Å². The first-order valence-corrected chi connectivity index (χ1v) is 8.97. The Balaban J connectivity index is 1.87. The summed E-state index contributed by atoms with van der Waals surface area (Å²) in [4.78, 5) is 2.33. The summed E-state index contributed by atoms with van der Waals surface area (Å²) in [6, 6.07) is 25.3. The van der Waals surface area contributed by atoms with Gasteiger partial charge < -0.3 is 10.2 Å². The number of nitrogens with zero attached hydrogens (tertiary/aromatic N) is 1. The van der Waals surface area contributed by atoms with Crippen LogP contribution in [0.5, 0.6) is 0 Å². The van der Waals surface area contributed by atoms with Gasteiger partial charge in [-0.15, -0.1) is 0 Å². The van der Waals surface area contributed by atoms with Gasteiger partial charge in [-0.3, -0.25) is 0 Å². The number of anilines is 3. The Labute approximate surface area is 152 Å². The third kappa shape index (κ3) is 2.77. The number of hydrogen-bond donors (Lipinski definition) is 1. The molecule has 114 valence electrons. The summed E-state index contributed by atoms with van der Waals surface area (Å²) in [6.07, 6.45) is 0.0785. The fraction of sp³-hybridized carbons (Fsp3) is 0.0526. The van der Waals surface area contributed by atoms with E-state index >= 15 is 0 Å². The van der Waals surface area contributed by atoms with Crippen LogP contribution >= 0.6 is 31.9 Å². The van der Waals surface area contributed by atoms with Gasteiger partial charge in [-0.05, 0) is 35.9 Å².